The number of unbranched alkanes of at least 4 members (excludes halogenated alkanes) is 3. The van der Waals surface area contributed by atoms with E-state index >= 15 is 0 Å². The van der Waals surface area contributed by atoms with Crippen molar-refractivity contribution in [3.05, 3.63) is 12.2 Å². The molecule has 0 aliphatic carbocycles. The second-order valence-electron chi connectivity index (χ2n) is 5.56. The maximum atomic E-state index is 10.2. The zero-order valence-corrected chi connectivity index (χ0v) is 14.5. The molecule has 0 fully saturated rings. The summed E-state index contributed by atoms with van der Waals surface area (Å²) in [5, 5.41) is 0. The fourth-order valence-corrected chi connectivity index (χ4v) is 2.09. The predicted molar refractivity (Wildman–Crippen MR) is 91.7 cm³/mol. The van der Waals surface area contributed by atoms with E-state index in [-0.39, 0.29) is 5.97 Å². The first-order valence-electron chi connectivity index (χ1n) is 8.27. The van der Waals surface area contributed by atoms with Crippen LogP contribution in [0.5, 0.6) is 0 Å². The van der Waals surface area contributed by atoms with E-state index in [0.717, 1.165) is 6.71 Å². The van der Waals surface area contributed by atoms with Gasteiger partial charge < -0.3 is 4.74 Å². The molecule has 0 unspecified atom stereocenters. The second-order valence-corrected chi connectivity index (χ2v) is 5.56. The summed E-state index contributed by atoms with van der Waals surface area (Å²) in [5.41, 5.74) is 0.433. The molecule has 0 bridgehead atoms. The molecular weight excluding hydrogens is 247 g/mol. The minimum absolute atomic E-state index is 0.347. The van der Waals surface area contributed by atoms with Crippen LogP contribution in [-0.4, -0.2) is 19.8 Å². The lowest BCUT2D eigenvalue weighted by atomic mass is 9.41. The van der Waals surface area contributed by atoms with Gasteiger partial charge in [0.1, 0.15) is 6.71 Å². The molecule has 0 aromatic carbocycles. The normalized spacial score (nSPS) is 9.45. The Morgan fingerprint density at radius 1 is 0.950 bits per heavy atom. The van der Waals surface area contributed by atoms with Crippen LogP contribution in [0.4, 0.5) is 0 Å². The van der Waals surface area contributed by atoms with Crippen LogP contribution in [0.1, 0.15) is 66.2 Å². The predicted octanol–water partition coefficient (Wildman–Crippen LogP) is 5.62. The van der Waals surface area contributed by atoms with Gasteiger partial charge in [0.15, 0.2) is 0 Å². The third kappa shape index (κ3) is 15.3. The van der Waals surface area contributed by atoms with Crippen LogP contribution >= 0.6 is 0 Å². The van der Waals surface area contributed by atoms with Gasteiger partial charge in [-0.25, -0.2) is 4.79 Å². The average molecular weight is 282 g/mol. The third-order valence-electron chi connectivity index (χ3n) is 3.43. The Hall–Kier alpha value is -0.725. The van der Waals surface area contributed by atoms with Gasteiger partial charge in [-0.3, -0.25) is 0 Å². The van der Waals surface area contributed by atoms with E-state index in [4.69, 9.17) is 0 Å². The first-order valence-corrected chi connectivity index (χ1v) is 8.27. The van der Waals surface area contributed by atoms with Gasteiger partial charge >= 0.3 is 5.97 Å². The van der Waals surface area contributed by atoms with Crippen molar-refractivity contribution in [1.29, 1.82) is 0 Å². The Labute approximate surface area is 127 Å². The number of ether oxygens (including phenoxy) is 1. The standard InChI is InChI=1S/C12H27B.C5H8O2/c1-4-7-10-13(11-8-5-2)12-9-6-3;1-4(2)5(6)7-3/h4-12H2,1-3H3;1H2,2-3H3. The summed E-state index contributed by atoms with van der Waals surface area (Å²) in [6, 6.07) is 0. The van der Waals surface area contributed by atoms with Gasteiger partial charge in [0.25, 0.3) is 0 Å². The van der Waals surface area contributed by atoms with Crippen LogP contribution in [0.3, 0.4) is 0 Å². The molecule has 2 nitrogen and oxygen atoms in total. The maximum absolute atomic E-state index is 10.2. The molecule has 118 valence electrons. The molecule has 20 heavy (non-hydrogen) atoms. The minimum atomic E-state index is -0.347. The van der Waals surface area contributed by atoms with Gasteiger partial charge in [-0.05, 0) is 6.92 Å². The van der Waals surface area contributed by atoms with E-state index < -0.39 is 0 Å². The monoisotopic (exact) mass is 282 g/mol. The number of rotatable bonds is 10. The molecule has 0 aromatic heterocycles. The quantitative estimate of drug-likeness (QED) is 0.295. The molecule has 0 heterocycles. The molecule has 0 aliphatic heterocycles. The molecule has 0 aliphatic rings. The number of carbonyl (C=O) groups excluding carboxylic acids is 1. The van der Waals surface area contributed by atoms with Gasteiger partial charge in [0, 0.05) is 5.57 Å². The van der Waals surface area contributed by atoms with Crippen LogP contribution in [0, 0.1) is 0 Å². The van der Waals surface area contributed by atoms with E-state index in [1.54, 1.807) is 6.92 Å². The first-order chi connectivity index (χ1) is 9.53. The third-order valence-corrected chi connectivity index (χ3v) is 3.43. The van der Waals surface area contributed by atoms with Crippen molar-refractivity contribution in [2.45, 2.75) is 85.2 Å². The Balaban J connectivity index is 0. The van der Waals surface area contributed by atoms with Crippen molar-refractivity contribution < 1.29 is 9.53 Å². The Morgan fingerprint density at radius 3 is 1.45 bits per heavy atom. The Morgan fingerprint density at radius 2 is 1.30 bits per heavy atom. The maximum Gasteiger partial charge on any atom is 0.332 e. The summed E-state index contributed by atoms with van der Waals surface area (Å²) in [6.07, 6.45) is 12.9. The van der Waals surface area contributed by atoms with E-state index in [2.05, 4.69) is 32.1 Å². The van der Waals surface area contributed by atoms with Crippen molar-refractivity contribution in [2.24, 2.45) is 0 Å². The lowest BCUT2D eigenvalue weighted by Gasteiger charge is -2.11. The zero-order valence-electron chi connectivity index (χ0n) is 14.5. The average Bonchev–Trinajstić information content (AvgIpc) is 2.46. The van der Waals surface area contributed by atoms with Crippen molar-refractivity contribution in [1.82, 2.24) is 0 Å². The topological polar surface area (TPSA) is 26.3 Å². The van der Waals surface area contributed by atoms with Crippen LogP contribution in [0.25, 0.3) is 0 Å². The molecule has 3 heteroatoms. The molecule has 0 atom stereocenters. The Bertz CT molecular complexity index is 220. The first kappa shape index (κ1) is 21.6. The number of methoxy groups -OCH3 is 1. The second kappa shape index (κ2) is 16.3. The van der Waals surface area contributed by atoms with Gasteiger partial charge in [-0.2, -0.15) is 0 Å². The molecule has 0 N–H and O–H groups in total. The van der Waals surface area contributed by atoms with E-state index in [9.17, 15) is 4.79 Å². The van der Waals surface area contributed by atoms with Crippen LogP contribution in [0.2, 0.25) is 19.0 Å². The van der Waals surface area contributed by atoms with E-state index in [1.807, 2.05) is 0 Å². The molecule has 0 aromatic rings. The SMILES string of the molecule is C=C(C)C(=O)OC.CCCCB(CCCC)CCCC. The fourth-order valence-electron chi connectivity index (χ4n) is 2.09. The van der Waals surface area contributed by atoms with Gasteiger partial charge in [-0.15, -0.1) is 0 Å². The highest BCUT2D eigenvalue weighted by molar-refractivity contribution is 6.58. The summed E-state index contributed by atoms with van der Waals surface area (Å²) in [5.74, 6) is -0.347. The summed E-state index contributed by atoms with van der Waals surface area (Å²) in [4.78, 5) is 10.2. The highest BCUT2D eigenvalue weighted by Crippen LogP contribution is 2.16. The summed E-state index contributed by atoms with van der Waals surface area (Å²) < 4.78 is 4.27. The number of esters is 1. The lowest BCUT2D eigenvalue weighted by molar-refractivity contribution is -0.136. The van der Waals surface area contributed by atoms with E-state index in [1.165, 1.54) is 64.6 Å². The highest BCUT2D eigenvalue weighted by atomic mass is 16.5. The minimum Gasteiger partial charge on any atom is -0.466 e. The number of carbonyl (C=O) groups is 1. The van der Waals surface area contributed by atoms with Crippen LogP contribution in [-0.2, 0) is 9.53 Å². The van der Waals surface area contributed by atoms with Crippen molar-refractivity contribution >= 4 is 12.7 Å². The fraction of sp³-hybridized carbons (Fsp3) is 0.824. The van der Waals surface area contributed by atoms with Crippen LogP contribution < -0.4 is 0 Å². The van der Waals surface area contributed by atoms with Crippen molar-refractivity contribution in [2.75, 3.05) is 7.11 Å². The largest absolute Gasteiger partial charge is 0.466 e. The van der Waals surface area contributed by atoms with Gasteiger partial charge in [0.2, 0.25) is 0 Å². The number of hydrogen-bond acceptors (Lipinski definition) is 2. The van der Waals surface area contributed by atoms with Crippen LogP contribution in [0.15, 0.2) is 12.2 Å². The van der Waals surface area contributed by atoms with Crippen molar-refractivity contribution in [3.63, 3.8) is 0 Å². The highest BCUT2D eigenvalue weighted by Gasteiger charge is 2.10. The Kier molecular flexibility index (Phi) is 17.6. The molecule has 0 saturated carbocycles. The smallest absolute Gasteiger partial charge is 0.332 e. The summed E-state index contributed by atoms with van der Waals surface area (Å²) >= 11 is 0. The summed E-state index contributed by atoms with van der Waals surface area (Å²) in [6.45, 7) is 12.9. The molecule has 0 spiro atoms. The number of hydrogen-bond donors (Lipinski definition) is 0. The van der Waals surface area contributed by atoms with Gasteiger partial charge in [0.05, 0.1) is 7.11 Å². The lowest BCUT2D eigenvalue weighted by Crippen LogP contribution is -2.11. The zero-order chi connectivity index (χ0) is 15.8. The molecule has 0 amide bonds. The van der Waals surface area contributed by atoms with E-state index in [0.29, 0.717) is 5.57 Å². The van der Waals surface area contributed by atoms with Crippen molar-refractivity contribution in [3.8, 4) is 0 Å². The molecule has 0 saturated heterocycles. The molecular formula is C17H35BO2. The van der Waals surface area contributed by atoms with Gasteiger partial charge in [-0.1, -0.05) is 84.8 Å². The summed E-state index contributed by atoms with van der Waals surface area (Å²) in [7, 11) is 1.33. The molecule has 0 radical (unpaired) electrons. The molecule has 0 rings (SSSR count).